The number of hydrogen-bond acceptors (Lipinski definition) is 15. The van der Waals surface area contributed by atoms with Gasteiger partial charge in [-0.25, -0.2) is 4.79 Å². The van der Waals surface area contributed by atoms with Crippen LogP contribution in [0.25, 0.3) is 0 Å². The minimum Gasteiger partial charge on any atom is -0.441 e. The minimum atomic E-state index is -2.13. The molecule has 0 aliphatic rings. The van der Waals surface area contributed by atoms with Crippen molar-refractivity contribution in [1.29, 1.82) is 0 Å². The van der Waals surface area contributed by atoms with Crippen LogP contribution in [0.15, 0.2) is 0 Å². The zero-order valence-electron chi connectivity index (χ0n) is 41.7. The van der Waals surface area contributed by atoms with Crippen molar-refractivity contribution in [3.05, 3.63) is 0 Å². The molecule has 0 aromatic carbocycles. The molecule has 1 unspecified atom stereocenters. The monoisotopic (exact) mass is 954 g/mol. The van der Waals surface area contributed by atoms with Gasteiger partial charge in [-0.2, -0.15) is 0 Å². The first-order chi connectivity index (χ1) is 32.3. The normalized spacial score (nSPS) is 11.7. The highest BCUT2D eigenvalue weighted by Gasteiger charge is 2.36. The number of rotatable bonds is 51. The number of ketones is 1. The largest absolute Gasteiger partial charge is 0.441 e. The Hall–Kier alpha value is -2.56. The minimum absolute atomic E-state index is 0.0110. The second-order valence-corrected chi connectivity index (χ2v) is 18.6. The maximum absolute atomic E-state index is 13.2. The van der Waals surface area contributed by atoms with Gasteiger partial charge in [0.2, 0.25) is 10.9 Å². The van der Waals surface area contributed by atoms with Gasteiger partial charge in [0.1, 0.15) is 6.29 Å². The van der Waals surface area contributed by atoms with Crippen molar-refractivity contribution in [1.82, 2.24) is 26.6 Å². The molecule has 1 atom stereocenters. The van der Waals surface area contributed by atoms with E-state index in [1.54, 1.807) is 0 Å². The highest BCUT2D eigenvalue weighted by molar-refractivity contribution is 8.27. The average molecular weight is 954 g/mol. The summed E-state index contributed by atoms with van der Waals surface area (Å²) in [5, 5.41) is 13.9. The molecule has 66 heavy (non-hydrogen) atoms. The molecule has 384 valence electrons. The zero-order valence-corrected chi connectivity index (χ0v) is 42.5. The van der Waals surface area contributed by atoms with Crippen molar-refractivity contribution in [3.8, 4) is 0 Å². The summed E-state index contributed by atoms with van der Waals surface area (Å²) in [4.78, 5) is 87.3. The van der Waals surface area contributed by atoms with Gasteiger partial charge in [0.05, 0.1) is 6.54 Å². The van der Waals surface area contributed by atoms with Gasteiger partial charge >= 0.3 is 17.9 Å². The Balaban J connectivity index is 4.62. The van der Waals surface area contributed by atoms with Crippen molar-refractivity contribution >= 4 is 52.0 Å². The Kier molecular flexibility index (Phi) is 48.4. The predicted octanol–water partition coefficient (Wildman–Crippen LogP) is 8.60. The fourth-order valence-corrected chi connectivity index (χ4v) is 7.95. The zero-order chi connectivity index (χ0) is 48.4. The molecule has 0 bridgehead atoms. The fourth-order valence-electron chi connectivity index (χ4n) is 7.33. The molecule has 14 nitrogen and oxygen atoms in total. The van der Waals surface area contributed by atoms with Gasteiger partial charge in [0.25, 0.3) is 11.2 Å². The third kappa shape index (κ3) is 44.0. The maximum atomic E-state index is 13.2. The van der Waals surface area contributed by atoms with Crippen LogP contribution in [0.1, 0.15) is 213 Å². The van der Waals surface area contributed by atoms with Crippen LogP contribution in [0, 0.1) is 0 Å². The lowest BCUT2D eigenvalue weighted by Crippen LogP contribution is -2.38. The standard InChI is InChI=1S/C51H95N5O9S/c1-3-5-7-9-11-13-15-17-19-21-23-25-28-32-46(59)64-48(49(61)65-47(60)33-29-26-24-22-20-18-16-14-12-10-8-6-4-2)51(63)66-50(62)45(58)44-56-42-41-55-40-39-54-38-37-53-36-35-52-34-30-27-31-43-57/h43,48,52-56H,3-42,44H2,1-2H3. The van der Waals surface area contributed by atoms with Gasteiger partial charge in [-0.05, 0) is 44.0 Å². The molecule has 0 aliphatic heterocycles. The molecule has 0 heterocycles. The van der Waals surface area contributed by atoms with E-state index in [4.69, 9.17) is 9.47 Å². The van der Waals surface area contributed by atoms with Crippen LogP contribution < -0.4 is 26.6 Å². The summed E-state index contributed by atoms with van der Waals surface area (Å²) in [6.45, 7) is 10.9. The molecule has 0 fully saturated rings. The Morgan fingerprint density at radius 3 is 1.21 bits per heavy atom. The first kappa shape index (κ1) is 63.4. The van der Waals surface area contributed by atoms with Gasteiger partial charge in [-0.3, -0.25) is 24.0 Å². The Bertz CT molecular complexity index is 1230. The highest BCUT2D eigenvalue weighted by atomic mass is 32.2. The molecular weight excluding hydrogens is 859 g/mol. The van der Waals surface area contributed by atoms with Crippen LogP contribution in [0.2, 0.25) is 0 Å². The lowest BCUT2D eigenvalue weighted by molar-refractivity contribution is -0.174. The average Bonchev–Trinajstić information content (AvgIpc) is 3.30. The number of Topliss-reactive ketones (excluding diaryl/α,β-unsaturated/α-hetero) is 1. The van der Waals surface area contributed by atoms with Crippen LogP contribution in [0.5, 0.6) is 0 Å². The van der Waals surface area contributed by atoms with Gasteiger partial charge < -0.3 is 40.9 Å². The summed E-state index contributed by atoms with van der Waals surface area (Å²) in [5.41, 5.74) is 0. The molecule has 0 amide bonds. The van der Waals surface area contributed by atoms with Gasteiger partial charge in [-0.1, -0.05) is 168 Å². The number of thioether (sulfide) groups is 1. The summed E-state index contributed by atoms with van der Waals surface area (Å²) < 4.78 is 10.2. The van der Waals surface area contributed by atoms with E-state index >= 15 is 0 Å². The van der Waals surface area contributed by atoms with E-state index in [1.165, 1.54) is 103 Å². The Morgan fingerprint density at radius 1 is 0.439 bits per heavy atom. The number of aldehydes is 1. The number of esters is 3. The molecule has 0 saturated heterocycles. The second kappa shape index (κ2) is 50.3. The second-order valence-electron chi connectivity index (χ2n) is 17.6. The quantitative estimate of drug-likeness (QED) is 0.0128. The SMILES string of the molecule is CCCCCCCCCCCCCCCC(=O)OC(=O)C(OC(=O)CCCCCCCCCCCCCCC)C(=O)SC(=O)C(=O)CNCCNCCNCCNCCNCCCCC=O. The lowest BCUT2D eigenvalue weighted by Gasteiger charge is -2.14. The Labute approximate surface area is 404 Å². The molecule has 0 rings (SSSR count). The molecule has 0 aromatic rings. The van der Waals surface area contributed by atoms with Gasteiger partial charge in [-0.15, -0.1) is 0 Å². The first-order valence-corrected chi connectivity index (χ1v) is 27.3. The van der Waals surface area contributed by atoms with Crippen molar-refractivity contribution < 1.29 is 43.0 Å². The van der Waals surface area contributed by atoms with Crippen LogP contribution in [-0.4, -0.2) is 112 Å². The summed E-state index contributed by atoms with van der Waals surface area (Å²) >= 11 is -0.0110. The number of nitrogens with one attached hydrogen (secondary N) is 5. The molecule has 0 aliphatic carbocycles. The molecule has 0 aromatic heterocycles. The summed E-state index contributed by atoms with van der Waals surface area (Å²) in [6, 6.07) is 0. The van der Waals surface area contributed by atoms with Crippen molar-refractivity contribution in [2.24, 2.45) is 0 Å². The summed E-state index contributed by atoms with van der Waals surface area (Å²) in [6.07, 6.45) is 30.8. The van der Waals surface area contributed by atoms with E-state index in [2.05, 4.69) is 40.4 Å². The summed E-state index contributed by atoms with van der Waals surface area (Å²) in [5.74, 6) is -3.86. The van der Waals surface area contributed by atoms with Crippen LogP contribution in [-0.2, 0) is 43.0 Å². The van der Waals surface area contributed by atoms with Crippen LogP contribution in [0.3, 0.4) is 0 Å². The van der Waals surface area contributed by atoms with E-state index in [0.717, 1.165) is 110 Å². The number of carbonyl (C=O) groups excluding carboxylic acids is 7. The first-order valence-electron chi connectivity index (χ1n) is 26.5. The third-order valence-electron chi connectivity index (χ3n) is 11.4. The van der Waals surface area contributed by atoms with Crippen molar-refractivity contribution in [2.45, 2.75) is 219 Å². The van der Waals surface area contributed by atoms with Gasteiger partial charge in [0, 0.05) is 71.6 Å². The van der Waals surface area contributed by atoms with E-state index in [-0.39, 0.29) is 31.1 Å². The molecule has 0 saturated carbocycles. The maximum Gasteiger partial charge on any atom is 0.364 e. The van der Waals surface area contributed by atoms with E-state index in [1.807, 2.05) is 0 Å². The van der Waals surface area contributed by atoms with Crippen molar-refractivity contribution in [3.63, 3.8) is 0 Å². The van der Waals surface area contributed by atoms with E-state index in [0.29, 0.717) is 38.9 Å². The molecule has 0 spiro atoms. The lowest BCUT2D eigenvalue weighted by atomic mass is 10.0. The van der Waals surface area contributed by atoms with E-state index < -0.39 is 40.0 Å². The Morgan fingerprint density at radius 2 is 0.803 bits per heavy atom. The highest BCUT2D eigenvalue weighted by Crippen LogP contribution is 2.17. The molecule has 15 heteroatoms. The predicted molar refractivity (Wildman–Crippen MR) is 268 cm³/mol. The molecule has 5 N–H and O–H groups in total. The number of hydrogen-bond donors (Lipinski definition) is 5. The summed E-state index contributed by atoms with van der Waals surface area (Å²) in [7, 11) is 0. The fraction of sp³-hybridized carbons (Fsp3) is 0.863. The molecule has 0 radical (unpaired) electrons. The number of ether oxygens (including phenoxy) is 2. The van der Waals surface area contributed by atoms with Crippen LogP contribution in [0.4, 0.5) is 0 Å². The topological polar surface area (TPSA) is 198 Å². The van der Waals surface area contributed by atoms with Crippen molar-refractivity contribution in [2.75, 3.05) is 65.4 Å². The van der Waals surface area contributed by atoms with E-state index in [9.17, 15) is 33.6 Å². The van der Waals surface area contributed by atoms with Crippen LogP contribution >= 0.6 is 11.8 Å². The molecular formula is C51H95N5O9S. The third-order valence-corrected chi connectivity index (χ3v) is 12.2. The van der Waals surface area contributed by atoms with Gasteiger partial charge in [0.15, 0.2) is 0 Å². The number of unbranched alkanes of at least 4 members (excludes halogenated alkanes) is 26. The number of carbonyl (C=O) groups is 7. The smallest absolute Gasteiger partial charge is 0.364 e.